The van der Waals surface area contributed by atoms with Crippen LogP contribution in [0.4, 0.5) is 16.2 Å². The summed E-state index contributed by atoms with van der Waals surface area (Å²) in [7, 11) is 0. The fourth-order valence-electron chi connectivity index (χ4n) is 5.17. The molecule has 0 unspecified atom stereocenters. The molecule has 0 saturated carbocycles. The molecule has 4 bridgehead atoms. The normalized spacial score (nSPS) is 19.6. The summed E-state index contributed by atoms with van der Waals surface area (Å²) in [5.41, 5.74) is 3.56. The van der Waals surface area contributed by atoms with E-state index in [1.807, 2.05) is 32.0 Å². The first kappa shape index (κ1) is 26.7. The van der Waals surface area contributed by atoms with E-state index in [1.54, 1.807) is 54.7 Å². The second kappa shape index (κ2) is 11.1. The van der Waals surface area contributed by atoms with Crippen molar-refractivity contribution in [3.05, 3.63) is 106 Å². The number of pyridine rings is 1. The highest BCUT2D eigenvalue weighted by Gasteiger charge is 2.30. The zero-order valence-corrected chi connectivity index (χ0v) is 22.1. The van der Waals surface area contributed by atoms with Gasteiger partial charge in [0.15, 0.2) is 5.78 Å². The van der Waals surface area contributed by atoms with Crippen molar-refractivity contribution in [2.45, 2.75) is 38.1 Å². The number of Topliss-reactive ketones (excluding diaryl/α,β-unsaturated/α-hetero) is 1. The van der Waals surface area contributed by atoms with Crippen LogP contribution in [-0.4, -0.2) is 34.5 Å². The molecule has 0 spiro atoms. The number of aromatic nitrogens is 1. The highest BCUT2D eigenvalue weighted by atomic mass is 16.5. The summed E-state index contributed by atoms with van der Waals surface area (Å²) in [5, 5.41) is 17.2. The van der Waals surface area contributed by atoms with Crippen molar-refractivity contribution >= 4 is 40.0 Å². The summed E-state index contributed by atoms with van der Waals surface area (Å²) in [6.07, 6.45) is 0.630. The Labute approximate surface area is 230 Å². The third kappa shape index (κ3) is 5.58. The number of anilines is 2. The Kier molecular flexibility index (Phi) is 7.37. The summed E-state index contributed by atoms with van der Waals surface area (Å²) in [5.74, 6) is -2.75. The van der Waals surface area contributed by atoms with Gasteiger partial charge in [0.1, 0.15) is 6.04 Å². The average molecular weight is 540 g/mol. The lowest BCUT2D eigenvalue weighted by Crippen LogP contribution is -2.26. The van der Waals surface area contributed by atoms with Crippen LogP contribution in [0.25, 0.3) is 10.8 Å². The minimum Gasteiger partial charge on any atom is -0.481 e. The topological polar surface area (TPSA) is 138 Å². The van der Waals surface area contributed by atoms with E-state index in [0.717, 1.165) is 16.5 Å². The van der Waals surface area contributed by atoms with E-state index < -0.39 is 24.0 Å². The van der Waals surface area contributed by atoms with E-state index >= 15 is 0 Å². The number of H-pyrrole nitrogens is 1. The zero-order chi connectivity index (χ0) is 28.4. The number of carboxylic acid groups (broad SMARTS) is 1. The number of benzene rings is 3. The number of aromatic amines is 1. The molecule has 4 aromatic rings. The molecule has 3 aromatic carbocycles. The number of nitrogens with one attached hydrogen (secondary N) is 3. The number of carbonyl (C=O) groups is 3. The molecule has 0 fully saturated rings. The van der Waals surface area contributed by atoms with Crippen LogP contribution in [-0.2, 0) is 14.3 Å². The van der Waals surface area contributed by atoms with Gasteiger partial charge in [-0.3, -0.25) is 19.7 Å². The lowest BCUT2D eigenvalue weighted by Gasteiger charge is -2.24. The van der Waals surface area contributed by atoms with Crippen molar-refractivity contribution in [2.24, 2.45) is 0 Å². The first-order chi connectivity index (χ1) is 19.2. The zero-order valence-electron chi connectivity index (χ0n) is 22.1. The van der Waals surface area contributed by atoms with Gasteiger partial charge < -0.3 is 20.1 Å². The summed E-state index contributed by atoms with van der Waals surface area (Å²) >= 11 is 0. The third-order valence-electron chi connectivity index (χ3n) is 7.27. The molecule has 4 N–H and O–H groups in total. The maximum Gasteiger partial charge on any atom is 0.411 e. The highest BCUT2D eigenvalue weighted by molar-refractivity contribution is 5.94. The molecule has 0 radical (unpaired) electrons. The highest BCUT2D eigenvalue weighted by Crippen LogP contribution is 2.32. The molecule has 1 aromatic heterocycles. The molecule has 3 heterocycles. The number of hydrogen-bond donors (Lipinski definition) is 4. The Morgan fingerprint density at radius 1 is 1.00 bits per heavy atom. The fraction of sp³-hybridized carbons (Fsp3) is 0.226. The van der Waals surface area contributed by atoms with Crippen molar-refractivity contribution in [3.63, 3.8) is 0 Å². The minimum absolute atomic E-state index is 0.107. The van der Waals surface area contributed by atoms with Crippen LogP contribution in [0.5, 0.6) is 0 Å². The van der Waals surface area contributed by atoms with E-state index in [2.05, 4.69) is 15.6 Å². The van der Waals surface area contributed by atoms with Gasteiger partial charge in [-0.2, -0.15) is 0 Å². The number of carbonyl (C=O) groups excluding carboxylic acids is 2. The SMILES string of the molecule is Cc1cc2ccc1[C@@H](C)COC(=O)Nc1cccc(c1)[C@@H](C(=O)O)CC(=O)[C@@H]2Nc1ccc2cc[nH]c(=O)c2c1. The van der Waals surface area contributed by atoms with Crippen molar-refractivity contribution in [3.8, 4) is 0 Å². The molecule has 2 aliphatic rings. The van der Waals surface area contributed by atoms with Crippen molar-refractivity contribution < 1.29 is 24.2 Å². The monoisotopic (exact) mass is 539 g/mol. The Morgan fingerprint density at radius 2 is 1.82 bits per heavy atom. The summed E-state index contributed by atoms with van der Waals surface area (Å²) < 4.78 is 5.44. The van der Waals surface area contributed by atoms with Crippen LogP contribution < -0.4 is 16.2 Å². The van der Waals surface area contributed by atoms with Crippen LogP contribution >= 0.6 is 0 Å². The van der Waals surface area contributed by atoms with Gasteiger partial charge in [-0.1, -0.05) is 43.3 Å². The maximum atomic E-state index is 13.9. The molecule has 9 nitrogen and oxygen atoms in total. The van der Waals surface area contributed by atoms with Gasteiger partial charge >= 0.3 is 12.1 Å². The van der Waals surface area contributed by atoms with Crippen molar-refractivity contribution in [2.75, 3.05) is 17.2 Å². The Hall–Kier alpha value is -4.92. The molecule has 0 saturated heterocycles. The molecule has 3 atom stereocenters. The molecule has 0 aliphatic carbocycles. The average Bonchev–Trinajstić information content (AvgIpc) is 2.93. The first-order valence-electron chi connectivity index (χ1n) is 13.0. The van der Waals surface area contributed by atoms with Gasteiger partial charge in [0.05, 0.1) is 12.5 Å². The number of aliphatic carboxylic acids is 1. The quantitative estimate of drug-likeness (QED) is 0.270. The van der Waals surface area contributed by atoms with Crippen molar-refractivity contribution in [1.29, 1.82) is 0 Å². The summed E-state index contributed by atoms with van der Waals surface area (Å²) in [6, 6.07) is 18.2. The maximum absolute atomic E-state index is 13.9. The van der Waals surface area contributed by atoms with Crippen LogP contribution in [0, 0.1) is 6.92 Å². The molecule has 40 heavy (non-hydrogen) atoms. The number of aryl methyl sites for hydroxylation is 1. The fourth-order valence-corrected chi connectivity index (χ4v) is 5.17. The van der Waals surface area contributed by atoms with Crippen molar-refractivity contribution in [1.82, 2.24) is 4.98 Å². The Balaban J connectivity index is 1.59. The first-order valence-corrected chi connectivity index (χ1v) is 13.0. The van der Waals surface area contributed by atoms with E-state index in [1.165, 1.54) is 0 Å². The third-order valence-corrected chi connectivity index (χ3v) is 7.27. The van der Waals surface area contributed by atoms with Crippen LogP contribution in [0.3, 0.4) is 0 Å². The second-order valence-electron chi connectivity index (χ2n) is 10.1. The minimum atomic E-state index is -1.16. The molecular formula is C31H29N3O6. The lowest BCUT2D eigenvalue weighted by atomic mass is 9.87. The number of hydrogen-bond acceptors (Lipinski definition) is 6. The second-order valence-corrected chi connectivity index (χ2v) is 10.1. The number of carboxylic acids is 1. The molecule has 9 heteroatoms. The predicted octanol–water partition coefficient (Wildman–Crippen LogP) is 5.48. The van der Waals surface area contributed by atoms with Gasteiger partial charge in [-0.15, -0.1) is 0 Å². The number of amides is 1. The van der Waals surface area contributed by atoms with E-state index in [0.29, 0.717) is 27.9 Å². The van der Waals surface area contributed by atoms with Gasteiger partial charge in [-0.25, -0.2) is 4.79 Å². The number of fused-ring (bicyclic) bond motifs is 10. The molecule has 2 aliphatic heterocycles. The van der Waals surface area contributed by atoms with Gasteiger partial charge in [0.25, 0.3) is 5.56 Å². The van der Waals surface area contributed by atoms with E-state index in [4.69, 9.17) is 4.74 Å². The van der Waals surface area contributed by atoms with Crippen LogP contribution in [0.2, 0.25) is 0 Å². The van der Waals surface area contributed by atoms with Gasteiger partial charge in [0, 0.05) is 35.3 Å². The molecular weight excluding hydrogens is 510 g/mol. The number of ketones is 1. The Morgan fingerprint density at radius 3 is 2.60 bits per heavy atom. The standard InChI is InChI=1S/C31H29N3O6/c1-17-12-21-7-9-24(17)18(2)16-40-31(39)34-22-5-3-4-20(13-22)26(30(37)38)15-27(35)28(21)33-23-8-6-19-10-11-32-29(36)25(19)14-23/h3-14,18,26,28,33H,15-16H2,1-2H3,(H,32,36)(H,34,39)(H,37,38)/t18-,26-,28+/m0/s1. The van der Waals surface area contributed by atoms with Gasteiger partial charge in [-0.05, 0) is 64.9 Å². The molecule has 6 rings (SSSR count). The largest absolute Gasteiger partial charge is 0.481 e. The lowest BCUT2D eigenvalue weighted by molar-refractivity contribution is -0.140. The smallest absolute Gasteiger partial charge is 0.411 e. The Bertz CT molecular complexity index is 1680. The van der Waals surface area contributed by atoms with Crippen LogP contribution in [0.15, 0.2) is 77.7 Å². The van der Waals surface area contributed by atoms with E-state index in [9.17, 15) is 24.3 Å². The summed E-state index contributed by atoms with van der Waals surface area (Å²) in [6.45, 7) is 4.00. The van der Waals surface area contributed by atoms with E-state index in [-0.39, 0.29) is 30.3 Å². The van der Waals surface area contributed by atoms with Crippen LogP contribution in [0.1, 0.15) is 53.5 Å². The predicted molar refractivity (Wildman–Crippen MR) is 152 cm³/mol. The number of rotatable bonds is 3. The summed E-state index contributed by atoms with van der Waals surface area (Å²) in [4.78, 5) is 53.7. The van der Waals surface area contributed by atoms with Gasteiger partial charge in [0.2, 0.25) is 0 Å². The number of ether oxygens (including phenoxy) is 1. The molecule has 1 amide bonds. The molecule has 204 valence electrons.